The van der Waals surface area contributed by atoms with Crippen molar-refractivity contribution in [1.82, 2.24) is 0 Å². The first kappa shape index (κ1) is 14.7. The predicted octanol–water partition coefficient (Wildman–Crippen LogP) is -0.356. The van der Waals surface area contributed by atoms with Crippen molar-refractivity contribution in [3.05, 3.63) is 59.6 Å². The molecule has 1 aliphatic carbocycles. The van der Waals surface area contributed by atoms with Crippen molar-refractivity contribution in [2.75, 3.05) is 0 Å². The molecule has 116 valence electrons. The summed E-state index contributed by atoms with van der Waals surface area (Å²) in [7, 11) is 0. The Kier molecular flexibility index (Phi) is 3.12. The summed E-state index contributed by atoms with van der Waals surface area (Å²) in [4.78, 5) is 12.3. The highest BCUT2D eigenvalue weighted by atomic mass is 16.6. The molecular weight excluding hydrogens is 292 g/mol. The lowest BCUT2D eigenvalue weighted by atomic mass is 9.79. The van der Waals surface area contributed by atoms with E-state index in [2.05, 4.69) is 0 Å². The standard InChI is InChI=1S/C15H14O7/c16-9-6-10-11(14(18,19)7-9)12(17)15(20,21)13(22-10)8-4-2-1-3-5-8/h1-7,11,13,16,18-21H. The fraction of sp³-hybridized carbons (Fsp3) is 0.267. The highest BCUT2D eigenvalue weighted by Gasteiger charge is 2.60. The summed E-state index contributed by atoms with van der Waals surface area (Å²) in [6.07, 6.45) is 0.213. The quantitative estimate of drug-likeness (QED) is 0.448. The summed E-state index contributed by atoms with van der Waals surface area (Å²) in [5.74, 6) is -9.43. The van der Waals surface area contributed by atoms with Gasteiger partial charge in [-0.15, -0.1) is 0 Å². The Morgan fingerprint density at radius 2 is 1.68 bits per heavy atom. The van der Waals surface area contributed by atoms with Crippen molar-refractivity contribution in [3.63, 3.8) is 0 Å². The highest BCUT2D eigenvalue weighted by Crippen LogP contribution is 2.45. The number of hydrogen-bond donors (Lipinski definition) is 5. The van der Waals surface area contributed by atoms with Crippen molar-refractivity contribution in [2.45, 2.75) is 17.7 Å². The average Bonchev–Trinajstić information content (AvgIpc) is 2.42. The van der Waals surface area contributed by atoms with Crippen LogP contribution in [0, 0.1) is 5.92 Å². The molecule has 1 saturated heterocycles. The number of hydrogen-bond acceptors (Lipinski definition) is 7. The van der Waals surface area contributed by atoms with Crippen LogP contribution in [0.3, 0.4) is 0 Å². The van der Waals surface area contributed by atoms with Crippen LogP contribution >= 0.6 is 0 Å². The van der Waals surface area contributed by atoms with Crippen LogP contribution in [-0.2, 0) is 9.53 Å². The van der Waals surface area contributed by atoms with Crippen LogP contribution in [0.2, 0.25) is 0 Å². The molecule has 5 N–H and O–H groups in total. The fourth-order valence-corrected chi connectivity index (χ4v) is 2.69. The van der Waals surface area contributed by atoms with E-state index in [0.717, 1.165) is 6.08 Å². The highest BCUT2D eigenvalue weighted by molar-refractivity contribution is 5.92. The smallest absolute Gasteiger partial charge is 0.267 e. The van der Waals surface area contributed by atoms with E-state index in [0.29, 0.717) is 11.6 Å². The second kappa shape index (κ2) is 4.65. The maximum atomic E-state index is 12.3. The van der Waals surface area contributed by atoms with Crippen LogP contribution < -0.4 is 0 Å². The fourth-order valence-electron chi connectivity index (χ4n) is 2.69. The molecule has 2 aliphatic rings. The summed E-state index contributed by atoms with van der Waals surface area (Å²) in [5, 5.41) is 49.5. The Morgan fingerprint density at radius 3 is 2.32 bits per heavy atom. The number of Topliss-reactive ketones (excluding diaryl/α,β-unsaturated/α-hetero) is 1. The van der Waals surface area contributed by atoms with Crippen molar-refractivity contribution in [2.24, 2.45) is 5.92 Å². The van der Waals surface area contributed by atoms with Crippen LogP contribution in [-0.4, -0.2) is 42.9 Å². The maximum absolute atomic E-state index is 12.3. The molecule has 0 radical (unpaired) electrons. The number of carbonyl (C=O) groups excluding carboxylic acids is 1. The van der Waals surface area contributed by atoms with E-state index in [4.69, 9.17) is 4.74 Å². The molecule has 7 heteroatoms. The molecule has 3 rings (SSSR count). The largest absolute Gasteiger partial charge is 0.508 e. The number of benzene rings is 1. The molecule has 2 unspecified atom stereocenters. The SMILES string of the molecule is O=C1C2C(=CC(O)=CC2(O)O)OC(c2ccccc2)C1(O)O. The zero-order valence-corrected chi connectivity index (χ0v) is 11.2. The molecule has 1 aromatic carbocycles. The zero-order chi connectivity index (χ0) is 16.1. The zero-order valence-electron chi connectivity index (χ0n) is 11.2. The van der Waals surface area contributed by atoms with E-state index in [-0.39, 0.29) is 5.76 Å². The third kappa shape index (κ3) is 2.11. The Morgan fingerprint density at radius 1 is 1.05 bits per heavy atom. The summed E-state index contributed by atoms with van der Waals surface area (Å²) < 4.78 is 5.39. The molecule has 1 aromatic rings. The van der Waals surface area contributed by atoms with Gasteiger partial charge in [-0.2, -0.15) is 0 Å². The molecule has 1 fully saturated rings. The second-order valence-corrected chi connectivity index (χ2v) is 5.33. The number of aliphatic hydroxyl groups excluding tert-OH is 1. The summed E-state index contributed by atoms with van der Waals surface area (Å²) in [6, 6.07) is 8.02. The molecule has 7 nitrogen and oxygen atoms in total. The minimum atomic E-state index is -2.94. The number of ether oxygens (including phenoxy) is 1. The lowest BCUT2D eigenvalue weighted by molar-refractivity contribution is -0.263. The second-order valence-electron chi connectivity index (χ2n) is 5.33. The van der Waals surface area contributed by atoms with Gasteiger partial charge in [0, 0.05) is 12.2 Å². The number of carbonyl (C=O) groups is 1. The van der Waals surface area contributed by atoms with E-state index < -0.39 is 35.1 Å². The molecule has 1 aliphatic heterocycles. The van der Waals surface area contributed by atoms with Crippen molar-refractivity contribution in [1.29, 1.82) is 0 Å². The van der Waals surface area contributed by atoms with Crippen LogP contribution in [0.25, 0.3) is 0 Å². The van der Waals surface area contributed by atoms with Gasteiger partial charge in [0.05, 0.1) is 0 Å². The monoisotopic (exact) mass is 306 g/mol. The first-order valence-corrected chi connectivity index (χ1v) is 6.52. The molecule has 0 aromatic heterocycles. The number of fused-ring (bicyclic) bond motifs is 1. The van der Waals surface area contributed by atoms with Crippen molar-refractivity contribution >= 4 is 5.78 Å². The third-order valence-corrected chi connectivity index (χ3v) is 3.71. The van der Waals surface area contributed by atoms with Gasteiger partial charge in [0.2, 0.25) is 11.6 Å². The first-order valence-electron chi connectivity index (χ1n) is 6.52. The third-order valence-electron chi connectivity index (χ3n) is 3.71. The van der Waals surface area contributed by atoms with Crippen molar-refractivity contribution in [3.8, 4) is 0 Å². The van der Waals surface area contributed by atoms with Gasteiger partial charge in [-0.1, -0.05) is 30.3 Å². The Labute approximate surface area is 125 Å². The van der Waals surface area contributed by atoms with E-state index in [1.165, 1.54) is 12.1 Å². The first-order chi connectivity index (χ1) is 10.2. The lowest BCUT2D eigenvalue weighted by Crippen LogP contribution is -2.59. The molecular formula is C15H14O7. The molecule has 0 bridgehead atoms. The van der Waals surface area contributed by atoms with Gasteiger partial charge in [0.15, 0.2) is 6.10 Å². The predicted molar refractivity (Wildman–Crippen MR) is 71.9 cm³/mol. The van der Waals surface area contributed by atoms with Crippen LogP contribution in [0.15, 0.2) is 54.0 Å². The summed E-state index contributed by atoms with van der Waals surface area (Å²) >= 11 is 0. The number of aliphatic hydroxyl groups is 5. The molecule has 2 atom stereocenters. The maximum Gasteiger partial charge on any atom is 0.267 e. The van der Waals surface area contributed by atoms with Gasteiger partial charge in [-0.25, -0.2) is 0 Å². The van der Waals surface area contributed by atoms with Gasteiger partial charge < -0.3 is 30.3 Å². The van der Waals surface area contributed by atoms with Crippen LogP contribution in [0.5, 0.6) is 0 Å². The van der Waals surface area contributed by atoms with Gasteiger partial charge in [-0.3, -0.25) is 4.79 Å². The summed E-state index contributed by atoms with van der Waals surface area (Å²) in [5.41, 5.74) is 0.315. The molecule has 0 amide bonds. The summed E-state index contributed by atoms with van der Waals surface area (Å²) in [6.45, 7) is 0. The van der Waals surface area contributed by atoms with Crippen LogP contribution in [0.4, 0.5) is 0 Å². The van der Waals surface area contributed by atoms with E-state index >= 15 is 0 Å². The van der Waals surface area contributed by atoms with Gasteiger partial charge >= 0.3 is 0 Å². The van der Waals surface area contributed by atoms with E-state index in [9.17, 15) is 30.3 Å². The number of rotatable bonds is 1. The Hall–Kier alpha value is -2.19. The number of ketones is 1. The lowest BCUT2D eigenvalue weighted by Gasteiger charge is -2.43. The average molecular weight is 306 g/mol. The van der Waals surface area contributed by atoms with Crippen molar-refractivity contribution < 1.29 is 35.1 Å². The van der Waals surface area contributed by atoms with Gasteiger partial charge in [0.1, 0.15) is 17.4 Å². The number of allylic oxidation sites excluding steroid dienone is 1. The minimum Gasteiger partial charge on any atom is -0.508 e. The Balaban J connectivity index is 2.09. The van der Waals surface area contributed by atoms with E-state index in [1.54, 1.807) is 18.2 Å². The molecule has 0 spiro atoms. The van der Waals surface area contributed by atoms with Crippen LogP contribution in [0.1, 0.15) is 11.7 Å². The Bertz CT molecular complexity index is 672. The minimum absolute atomic E-state index is 0.248. The topological polar surface area (TPSA) is 127 Å². The van der Waals surface area contributed by atoms with Gasteiger partial charge in [0.25, 0.3) is 5.79 Å². The molecule has 22 heavy (non-hydrogen) atoms. The van der Waals surface area contributed by atoms with E-state index in [1.807, 2.05) is 0 Å². The molecule has 1 heterocycles. The normalized spacial score (nSPS) is 29.0. The van der Waals surface area contributed by atoms with Gasteiger partial charge in [-0.05, 0) is 5.56 Å². The molecule has 0 saturated carbocycles.